The molecule has 0 radical (unpaired) electrons. The highest BCUT2D eigenvalue weighted by Gasteiger charge is 2.48. The highest BCUT2D eigenvalue weighted by atomic mass is 16.2. The van der Waals surface area contributed by atoms with Crippen LogP contribution in [0, 0.1) is 18.8 Å². The Morgan fingerprint density at radius 3 is 2.45 bits per heavy atom. The summed E-state index contributed by atoms with van der Waals surface area (Å²) < 4.78 is 0. The number of hydrogen-bond donors (Lipinski definition) is 4. The van der Waals surface area contributed by atoms with Gasteiger partial charge in [0.25, 0.3) is 11.7 Å². The first-order chi connectivity index (χ1) is 15.9. The Labute approximate surface area is 195 Å². The molecule has 0 aromatic heterocycles. The minimum absolute atomic E-state index is 0.191. The maximum absolute atomic E-state index is 13.4. The zero-order chi connectivity index (χ0) is 23.4. The van der Waals surface area contributed by atoms with E-state index in [1.54, 1.807) is 6.07 Å². The summed E-state index contributed by atoms with van der Waals surface area (Å²) >= 11 is 0. The standard InChI is InChI=1S/C27H32N4O2/c1-17-10-9-13-20(16-17)26(32)30-24-23(19-11-5-3-6-12-19)22(18(2)28)25(31-27(24)33)29-21-14-7-4-8-15-21/h4,7-10,13-16,19,23-24H,3,5-6,11-12,28H2,1-2H3,(H,30,32)(H,29,31,33)/p+1/b22-18-/t23-,24-/m0/s1. The SMILES string of the molecule is C/C(N)=C1/C(=[NH+]c2ccccc2)NC(=O)[C@@H](NC(=O)c2cccc(C)c2)[C@H]1C1CCCCC1. The van der Waals surface area contributed by atoms with Crippen molar-refractivity contribution < 1.29 is 14.6 Å². The molecule has 1 aliphatic carbocycles. The first-order valence-corrected chi connectivity index (χ1v) is 11.8. The molecule has 1 aliphatic heterocycles. The Kier molecular flexibility index (Phi) is 6.92. The maximum atomic E-state index is 13.4. The van der Waals surface area contributed by atoms with E-state index in [1.165, 1.54) is 6.42 Å². The largest absolute Gasteiger partial charge is 0.402 e. The van der Waals surface area contributed by atoms with E-state index in [1.807, 2.05) is 62.4 Å². The highest BCUT2D eigenvalue weighted by molar-refractivity contribution is 6.12. The summed E-state index contributed by atoms with van der Waals surface area (Å²) in [6, 6.07) is 16.5. The van der Waals surface area contributed by atoms with E-state index in [0.29, 0.717) is 17.1 Å². The van der Waals surface area contributed by atoms with E-state index < -0.39 is 6.04 Å². The van der Waals surface area contributed by atoms with E-state index in [-0.39, 0.29) is 23.7 Å². The monoisotopic (exact) mass is 445 g/mol. The van der Waals surface area contributed by atoms with Gasteiger partial charge in [0.15, 0.2) is 0 Å². The summed E-state index contributed by atoms with van der Waals surface area (Å²) in [6.07, 6.45) is 5.49. The molecule has 0 unspecified atom stereocenters. The van der Waals surface area contributed by atoms with Gasteiger partial charge < -0.3 is 11.1 Å². The van der Waals surface area contributed by atoms with Crippen LogP contribution in [0.5, 0.6) is 0 Å². The van der Waals surface area contributed by atoms with E-state index in [9.17, 15) is 9.59 Å². The van der Waals surface area contributed by atoms with E-state index in [0.717, 1.165) is 42.5 Å². The zero-order valence-corrected chi connectivity index (χ0v) is 19.4. The molecule has 33 heavy (non-hydrogen) atoms. The highest BCUT2D eigenvalue weighted by Crippen LogP contribution is 2.38. The van der Waals surface area contributed by atoms with Gasteiger partial charge in [-0.05, 0) is 56.9 Å². The molecular formula is C27H33N4O2+. The predicted octanol–water partition coefficient (Wildman–Crippen LogP) is 2.46. The van der Waals surface area contributed by atoms with Crippen LogP contribution < -0.4 is 21.4 Å². The molecule has 2 aliphatic rings. The average molecular weight is 446 g/mol. The fourth-order valence-electron chi connectivity index (χ4n) is 5.16. The van der Waals surface area contributed by atoms with Crippen molar-refractivity contribution in [3.8, 4) is 0 Å². The molecule has 1 heterocycles. The van der Waals surface area contributed by atoms with Crippen LogP contribution in [0.2, 0.25) is 0 Å². The molecule has 0 bridgehead atoms. The molecule has 2 aromatic carbocycles. The molecule has 4 rings (SSSR count). The number of piperidine rings is 1. The summed E-state index contributed by atoms with van der Waals surface area (Å²) in [5, 5.41) is 6.04. The summed E-state index contributed by atoms with van der Waals surface area (Å²) in [5.74, 6) is 0.240. The molecule has 2 fully saturated rings. The van der Waals surface area contributed by atoms with Crippen molar-refractivity contribution in [2.24, 2.45) is 17.6 Å². The lowest BCUT2D eigenvalue weighted by Crippen LogP contribution is -2.76. The molecule has 2 amide bonds. The molecule has 2 atom stereocenters. The number of rotatable bonds is 4. The fraction of sp³-hybridized carbons (Fsp3) is 0.370. The average Bonchev–Trinajstić information content (AvgIpc) is 2.81. The topological polar surface area (TPSA) is 98.2 Å². The molecule has 1 saturated carbocycles. The van der Waals surface area contributed by atoms with Crippen LogP contribution in [0.4, 0.5) is 5.69 Å². The third kappa shape index (κ3) is 5.16. The van der Waals surface area contributed by atoms with Crippen molar-refractivity contribution in [1.82, 2.24) is 10.6 Å². The first kappa shape index (κ1) is 22.8. The molecule has 6 nitrogen and oxygen atoms in total. The number of carbonyl (C=O) groups is 2. The van der Waals surface area contributed by atoms with Gasteiger partial charge in [-0.1, -0.05) is 55.2 Å². The third-order valence-corrected chi connectivity index (χ3v) is 6.68. The van der Waals surface area contributed by atoms with E-state index in [2.05, 4.69) is 15.6 Å². The number of nitrogens with one attached hydrogen (secondary N) is 3. The Morgan fingerprint density at radius 1 is 1.06 bits per heavy atom. The summed E-state index contributed by atoms with van der Waals surface area (Å²) in [4.78, 5) is 29.9. The fourth-order valence-corrected chi connectivity index (χ4v) is 5.16. The van der Waals surface area contributed by atoms with Gasteiger partial charge >= 0.3 is 5.91 Å². The molecular weight excluding hydrogens is 412 g/mol. The second-order valence-corrected chi connectivity index (χ2v) is 9.20. The van der Waals surface area contributed by atoms with Crippen LogP contribution in [-0.2, 0) is 4.79 Å². The number of carbonyl (C=O) groups excluding carboxylic acids is 2. The number of amides is 2. The van der Waals surface area contributed by atoms with Crippen molar-refractivity contribution >= 4 is 23.3 Å². The minimum atomic E-state index is -0.684. The molecule has 2 aromatic rings. The van der Waals surface area contributed by atoms with Crippen LogP contribution in [0.1, 0.15) is 54.9 Å². The van der Waals surface area contributed by atoms with Crippen molar-refractivity contribution in [2.75, 3.05) is 0 Å². The van der Waals surface area contributed by atoms with Gasteiger partial charge in [-0.25, -0.2) is 15.1 Å². The Balaban J connectivity index is 1.73. The van der Waals surface area contributed by atoms with Gasteiger partial charge in [-0.3, -0.25) is 4.79 Å². The third-order valence-electron chi connectivity index (χ3n) is 6.68. The molecule has 1 saturated heterocycles. The normalized spacial score (nSPS) is 24.3. The quantitative estimate of drug-likeness (QED) is 0.582. The lowest BCUT2D eigenvalue weighted by Gasteiger charge is -2.38. The van der Waals surface area contributed by atoms with Gasteiger partial charge in [0, 0.05) is 17.2 Å². The van der Waals surface area contributed by atoms with Crippen LogP contribution in [0.3, 0.4) is 0 Å². The van der Waals surface area contributed by atoms with Crippen molar-refractivity contribution in [1.29, 1.82) is 0 Å². The van der Waals surface area contributed by atoms with Gasteiger partial charge in [0.2, 0.25) is 0 Å². The number of amidine groups is 1. The zero-order valence-electron chi connectivity index (χ0n) is 19.4. The summed E-state index contributed by atoms with van der Waals surface area (Å²) in [6.45, 7) is 3.82. The first-order valence-electron chi connectivity index (χ1n) is 11.8. The van der Waals surface area contributed by atoms with Crippen molar-refractivity contribution in [3.63, 3.8) is 0 Å². The van der Waals surface area contributed by atoms with Gasteiger partial charge in [-0.2, -0.15) is 0 Å². The summed E-state index contributed by atoms with van der Waals surface area (Å²) in [7, 11) is 0. The Bertz CT molecular complexity index is 1080. The number of aryl methyl sites for hydroxylation is 1. The van der Waals surface area contributed by atoms with Crippen LogP contribution >= 0.6 is 0 Å². The predicted molar refractivity (Wildman–Crippen MR) is 130 cm³/mol. The number of nitrogens with two attached hydrogens (primary N) is 1. The molecule has 5 N–H and O–H groups in total. The minimum Gasteiger partial charge on any atom is -0.402 e. The number of allylic oxidation sites excluding steroid dienone is 1. The number of hydrogen-bond acceptors (Lipinski definition) is 3. The molecule has 6 heteroatoms. The van der Waals surface area contributed by atoms with Gasteiger partial charge in [0.05, 0.1) is 5.57 Å². The van der Waals surface area contributed by atoms with E-state index in [4.69, 9.17) is 5.73 Å². The lowest BCUT2D eigenvalue weighted by atomic mass is 9.70. The Morgan fingerprint density at radius 2 is 1.79 bits per heavy atom. The molecule has 0 spiro atoms. The number of benzene rings is 2. The lowest BCUT2D eigenvalue weighted by molar-refractivity contribution is -0.356. The number of para-hydroxylation sites is 1. The van der Waals surface area contributed by atoms with Crippen molar-refractivity contribution in [2.45, 2.75) is 52.0 Å². The van der Waals surface area contributed by atoms with Gasteiger partial charge in [-0.15, -0.1) is 0 Å². The van der Waals surface area contributed by atoms with Crippen LogP contribution in [-0.4, -0.2) is 23.7 Å². The van der Waals surface area contributed by atoms with Gasteiger partial charge in [0.1, 0.15) is 11.7 Å². The maximum Gasteiger partial charge on any atom is 0.330 e. The van der Waals surface area contributed by atoms with Crippen LogP contribution in [0.25, 0.3) is 0 Å². The summed E-state index contributed by atoms with van der Waals surface area (Å²) in [5.41, 5.74) is 10.4. The van der Waals surface area contributed by atoms with Crippen LogP contribution in [0.15, 0.2) is 65.9 Å². The molecule has 172 valence electrons. The van der Waals surface area contributed by atoms with E-state index >= 15 is 0 Å². The van der Waals surface area contributed by atoms with Crippen molar-refractivity contribution in [3.05, 3.63) is 77.0 Å². The second-order valence-electron chi connectivity index (χ2n) is 9.20. The second kappa shape index (κ2) is 10.0. The smallest absolute Gasteiger partial charge is 0.330 e. The Hall–Kier alpha value is -3.41.